The number of carbonyl (C=O) groups is 2. The van der Waals surface area contributed by atoms with Gasteiger partial charge in [0.1, 0.15) is 5.76 Å². The lowest BCUT2D eigenvalue weighted by Gasteiger charge is -2.18. The molecule has 2 amide bonds. The summed E-state index contributed by atoms with van der Waals surface area (Å²) in [7, 11) is 0. The van der Waals surface area contributed by atoms with Crippen LogP contribution in [-0.4, -0.2) is 17.9 Å². The minimum absolute atomic E-state index is 0.0191. The second-order valence-corrected chi connectivity index (χ2v) is 5.58. The first-order chi connectivity index (χ1) is 10.6. The molecule has 2 heterocycles. The summed E-state index contributed by atoms with van der Waals surface area (Å²) in [4.78, 5) is 23.6. The number of nitrogens with one attached hydrogen (secondary N) is 2. The second-order valence-electron chi connectivity index (χ2n) is 5.58. The first-order valence-corrected chi connectivity index (χ1v) is 7.38. The highest BCUT2D eigenvalue weighted by Gasteiger charge is 2.17. The van der Waals surface area contributed by atoms with Gasteiger partial charge in [-0.3, -0.25) is 9.59 Å². The van der Waals surface area contributed by atoms with E-state index in [1.165, 1.54) is 0 Å². The van der Waals surface area contributed by atoms with E-state index in [4.69, 9.17) is 4.42 Å². The molecule has 2 N–H and O–H groups in total. The number of hydrogen-bond acceptors (Lipinski definition) is 3. The van der Waals surface area contributed by atoms with E-state index >= 15 is 0 Å². The molecule has 0 radical (unpaired) electrons. The van der Waals surface area contributed by atoms with Crippen molar-refractivity contribution in [3.63, 3.8) is 0 Å². The number of amides is 2. The molecule has 114 valence electrons. The topological polar surface area (TPSA) is 71.3 Å². The summed E-state index contributed by atoms with van der Waals surface area (Å²) >= 11 is 0. The molecule has 0 fully saturated rings. The van der Waals surface area contributed by atoms with Gasteiger partial charge in [0.25, 0.3) is 5.91 Å². The van der Waals surface area contributed by atoms with Gasteiger partial charge in [-0.2, -0.15) is 0 Å². The van der Waals surface area contributed by atoms with Gasteiger partial charge in [0.15, 0.2) is 0 Å². The zero-order chi connectivity index (χ0) is 15.5. The van der Waals surface area contributed by atoms with Crippen LogP contribution in [0.5, 0.6) is 0 Å². The number of hydrogen-bond donors (Lipinski definition) is 2. The number of furan rings is 1. The van der Waals surface area contributed by atoms with Crippen molar-refractivity contribution in [2.24, 2.45) is 0 Å². The van der Waals surface area contributed by atoms with Crippen LogP contribution in [0.15, 0.2) is 41.0 Å². The lowest BCUT2D eigenvalue weighted by molar-refractivity contribution is -0.116. The highest BCUT2D eigenvalue weighted by atomic mass is 16.3. The Kier molecular flexibility index (Phi) is 3.96. The van der Waals surface area contributed by atoms with Crippen LogP contribution in [0.25, 0.3) is 0 Å². The number of fused-ring (bicyclic) bond motifs is 1. The molecule has 0 unspecified atom stereocenters. The Morgan fingerprint density at radius 3 is 3.00 bits per heavy atom. The Hall–Kier alpha value is -2.56. The van der Waals surface area contributed by atoms with Gasteiger partial charge in [0, 0.05) is 30.1 Å². The van der Waals surface area contributed by atoms with Crippen molar-refractivity contribution in [1.29, 1.82) is 0 Å². The Morgan fingerprint density at radius 2 is 2.23 bits per heavy atom. The van der Waals surface area contributed by atoms with Gasteiger partial charge in [-0.1, -0.05) is 0 Å². The Morgan fingerprint density at radius 1 is 1.36 bits per heavy atom. The summed E-state index contributed by atoms with van der Waals surface area (Å²) in [5.41, 5.74) is 2.42. The van der Waals surface area contributed by atoms with Crippen LogP contribution in [0.3, 0.4) is 0 Å². The van der Waals surface area contributed by atoms with E-state index in [9.17, 15) is 9.59 Å². The molecular weight excluding hydrogens is 280 g/mol. The predicted octanol–water partition coefficient (Wildman–Crippen LogP) is 2.53. The molecule has 3 rings (SSSR count). The van der Waals surface area contributed by atoms with Gasteiger partial charge < -0.3 is 15.1 Å². The molecule has 22 heavy (non-hydrogen) atoms. The molecule has 0 saturated heterocycles. The fourth-order valence-electron chi connectivity index (χ4n) is 2.61. The lowest BCUT2D eigenvalue weighted by atomic mass is 10.00. The number of rotatable bonds is 4. The zero-order valence-electron chi connectivity index (χ0n) is 12.4. The fourth-order valence-corrected chi connectivity index (χ4v) is 2.61. The van der Waals surface area contributed by atoms with Crippen LogP contribution >= 0.6 is 0 Å². The van der Waals surface area contributed by atoms with Gasteiger partial charge in [-0.05, 0) is 49.2 Å². The molecule has 2 aromatic rings. The summed E-state index contributed by atoms with van der Waals surface area (Å²) in [5.74, 6) is 0.761. The van der Waals surface area contributed by atoms with Crippen molar-refractivity contribution in [1.82, 2.24) is 5.32 Å². The van der Waals surface area contributed by atoms with E-state index < -0.39 is 0 Å². The lowest BCUT2D eigenvalue weighted by Crippen LogP contribution is -2.34. The fraction of sp³-hybridized carbons (Fsp3) is 0.294. The quantitative estimate of drug-likeness (QED) is 0.911. The molecule has 1 aliphatic rings. The van der Waals surface area contributed by atoms with Gasteiger partial charge in [-0.25, -0.2) is 0 Å². The largest absolute Gasteiger partial charge is 0.469 e. The first kappa shape index (κ1) is 14.4. The number of benzene rings is 1. The van der Waals surface area contributed by atoms with E-state index in [1.807, 2.05) is 25.1 Å². The predicted molar refractivity (Wildman–Crippen MR) is 82.7 cm³/mol. The van der Waals surface area contributed by atoms with E-state index in [-0.39, 0.29) is 17.9 Å². The van der Waals surface area contributed by atoms with Crippen LogP contribution in [0.1, 0.15) is 35.0 Å². The van der Waals surface area contributed by atoms with Crippen molar-refractivity contribution in [3.8, 4) is 0 Å². The Balaban J connectivity index is 1.66. The molecular formula is C17H18N2O3. The maximum Gasteiger partial charge on any atom is 0.251 e. The van der Waals surface area contributed by atoms with Crippen LogP contribution in [0, 0.1) is 0 Å². The Labute approximate surface area is 128 Å². The summed E-state index contributed by atoms with van der Waals surface area (Å²) in [5, 5.41) is 5.78. The standard InChI is InChI=1S/C17H18N2O3/c1-11(9-14-3-2-8-22-14)18-17(21)13-4-6-15-12(10-13)5-7-16(20)19-15/h2-4,6,8,10-11H,5,7,9H2,1H3,(H,18,21)(H,19,20)/t11-/m1/s1. The zero-order valence-corrected chi connectivity index (χ0v) is 12.4. The van der Waals surface area contributed by atoms with Crippen molar-refractivity contribution in [3.05, 3.63) is 53.5 Å². The van der Waals surface area contributed by atoms with E-state index in [0.717, 1.165) is 17.0 Å². The third-order valence-electron chi connectivity index (χ3n) is 3.73. The van der Waals surface area contributed by atoms with Crippen LogP contribution in [-0.2, 0) is 17.6 Å². The highest BCUT2D eigenvalue weighted by Crippen LogP contribution is 2.23. The molecule has 1 atom stereocenters. The van der Waals surface area contributed by atoms with Gasteiger partial charge in [0.05, 0.1) is 6.26 Å². The van der Waals surface area contributed by atoms with Crippen molar-refractivity contribution in [2.75, 3.05) is 5.32 Å². The number of aryl methyl sites for hydroxylation is 1. The van der Waals surface area contributed by atoms with Crippen LogP contribution in [0.2, 0.25) is 0 Å². The number of anilines is 1. The molecule has 0 aliphatic carbocycles. The smallest absolute Gasteiger partial charge is 0.251 e. The maximum atomic E-state index is 12.3. The molecule has 5 nitrogen and oxygen atoms in total. The first-order valence-electron chi connectivity index (χ1n) is 7.38. The molecule has 1 aliphatic heterocycles. The molecule has 1 aromatic heterocycles. The van der Waals surface area contributed by atoms with E-state index in [0.29, 0.717) is 24.8 Å². The molecule has 0 spiro atoms. The van der Waals surface area contributed by atoms with Crippen molar-refractivity contribution in [2.45, 2.75) is 32.2 Å². The monoisotopic (exact) mass is 298 g/mol. The number of carbonyl (C=O) groups excluding carboxylic acids is 2. The van der Waals surface area contributed by atoms with Gasteiger partial charge >= 0.3 is 0 Å². The van der Waals surface area contributed by atoms with Crippen LogP contribution in [0.4, 0.5) is 5.69 Å². The summed E-state index contributed by atoms with van der Waals surface area (Å²) in [6, 6.07) is 9.09. The van der Waals surface area contributed by atoms with Gasteiger partial charge in [-0.15, -0.1) is 0 Å². The maximum absolute atomic E-state index is 12.3. The second kappa shape index (κ2) is 6.05. The van der Waals surface area contributed by atoms with E-state index in [1.54, 1.807) is 18.4 Å². The third-order valence-corrected chi connectivity index (χ3v) is 3.73. The van der Waals surface area contributed by atoms with Crippen molar-refractivity contribution >= 4 is 17.5 Å². The normalized spacial score (nSPS) is 14.9. The summed E-state index contributed by atoms with van der Waals surface area (Å²) < 4.78 is 5.28. The average molecular weight is 298 g/mol. The SMILES string of the molecule is C[C@H](Cc1ccco1)NC(=O)c1ccc2c(c1)CCC(=O)N2. The third kappa shape index (κ3) is 3.19. The van der Waals surface area contributed by atoms with Gasteiger partial charge in [0.2, 0.25) is 5.91 Å². The van der Waals surface area contributed by atoms with Crippen molar-refractivity contribution < 1.29 is 14.0 Å². The minimum atomic E-state index is -0.112. The van der Waals surface area contributed by atoms with E-state index in [2.05, 4.69) is 10.6 Å². The molecule has 1 aromatic carbocycles. The average Bonchev–Trinajstić information content (AvgIpc) is 2.99. The molecule has 5 heteroatoms. The molecule has 0 bridgehead atoms. The Bertz CT molecular complexity index is 692. The summed E-state index contributed by atoms with van der Waals surface area (Å²) in [6.45, 7) is 1.94. The summed E-state index contributed by atoms with van der Waals surface area (Å²) in [6.07, 6.45) is 3.42. The highest BCUT2D eigenvalue weighted by molar-refractivity contribution is 5.98. The minimum Gasteiger partial charge on any atom is -0.469 e. The molecule has 0 saturated carbocycles. The van der Waals surface area contributed by atoms with Crippen LogP contribution < -0.4 is 10.6 Å².